The molecule has 1 saturated heterocycles. The summed E-state index contributed by atoms with van der Waals surface area (Å²) >= 11 is 1.37. The molecule has 1 aliphatic rings. The lowest BCUT2D eigenvalue weighted by Crippen LogP contribution is -2.42. The Balaban J connectivity index is 1.91. The average molecular weight is 276 g/mol. The van der Waals surface area contributed by atoms with Gasteiger partial charge in [-0.1, -0.05) is 0 Å². The number of aromatic nitrogens is 1. The molecule has 1 amide bonds. The zero-order valence-corrected chi connectivity index (χ0v) is 11.3. The third kappa shape index (κ3) is 2.17. The van der Waals surface area contributed by atoms with E-state index in [4.69, 9.17) is 11.5 Å². The van der Waals surface area contributed by atoms with E-state index >= 15 is 0 Å². The molecule has 2 aromatic rings. The highest BCUT2D eigenvalue weighted by Crippen LogP contribution is 2.33. The Morgan fingerprint density at radius 2 is 2.16 bits per heavy atom. The van der Waals surface area contributed by atoms with Gasteiger partial charge in [-0.05, 0) is 25.0 Å². The second-order valence-corrected chi connectivity index (χ2v) is 5.83. The number of anilines is 1. The van der Waals surface area contributed by atoms with Crippen molar-refractivity contribution in [3.05, 3.63) is 23.2 Å². The molecular weight excluding hydrogens is 260 g/mol. The summed E-state index contributed by atoms with van der Waals surface area (Å²) in [5, 5.41) is 0.865. The van der Waals surface area contributed by atoms with Crippen molar-refractivity contribution in [3.8, 4) is 0 Å². The maximum Gasteiger partial charge on any atom is 0.266 e. The lowest BCUT2D eigenvalue weighted by atomic mass is 10.1. The number of amides is 1. The van der Waals surface area contributed by atoms with Gasteiger partial charge in [0.1, 0.15) is 9.71 Å². The summed E-state index contributed by atoms with van der Waals surface area (Å²) in [6.45, 7) is 1.42. The van der Waals surface area contributed by atoms with Crippen LogP contribution in [0.25, 0.3) is 10.2 Å². The summed E-state index contributed by atoms with van der Waals surface area (Å²) in [6.07, 6.45) is 3.43. The fourth-order valence-electron chi connectivity index (χ4n) is 2.36. The number of nitrogens with zero attached hydrogens (tertiary/aromatic N) is 2. The third-order valence-electron chi connectivity index (χ3n) is 3.53. The van der Waals surface area contributed by atoms with E-state index < -0.39 is 0 Å². The highest BCUT2D eigenvalue weighted by molar-refractivity contribution is 7.21. The van der Waals surface area contributed by atoms with Crippen molar-refractivity contribution < 1.29 is 4.79 Å². The van der Waals surface area contributed by atoms with Crippen LogP contribution in [0.2, 0.25) is 0 Å². The number of carbonyl (C=O) groups excluding carboxylic acids is 1. The molecule has 100 valence electrons. The summed E-state index contributed by atoms with van der Waals surface area (Å²) in [5.74, 6) is 0.00685. The van der Waals surface area contributed by atoms with Crippen LogP contribution in [0.1, 0.15) is 22.5 Å². The first-order valence-electron chi connectivity index (χ1n) is 6.34. The molecule has 0 radical (unpaired) electrons. The zero-order valence-electron chi connectivity index (χ0n) is 10.5. The maximum absolute atomic E-state index is 12.5. The smallest absolute Gasteiger partial charge is 0.266 e. The fourth-order valence-corrected chi connectivity index (χ4v) is 3.39. The number of nitrogens with two attached hydrogens (primary N) is 2. The molecule has 0 saturated carbocycles. The monoisotopic (exact) mass is 276 g/mol. The molecule has 2 aromatic heterocycles. The van der Waals surface area contributed by atoms with Crippen LogP contribution in [0.5, 0.6) is 0 Å². The van der Waals surface area contributed by atoms with Gasteiger partial charge in [0, 0.05) is 30.7 Å². The van der Waals surface area contributed by atoms with Crippen molar-refractivity contribution in [2.24, 2.45) is 5.73 Å². The van der Waals surface area contributed by atoms with Crippen molar-refractivity contribution in [2.45, 2.75) is 18.9 Å². The van der Waals surface area contributed by atoms with E-state index in [1.165, 1.54) is 11.3 Å². The van der Waals surface area contributed by atoms with Gasteiger partial charge < -0.3 is 16.4 Å². The van der Waals surface area contributed by atoms with Crippen LogP contribution < -0.4 is 11.5 Å². The quantitative estimate of drug-likeness (QED) is 0.825. The third-order valence-corrected chi connectivity index (χ3v) is 4.64. The number of hydrogen-bond acceptors (Lipinski definition) is 5. The average Bonchev–Trinajstić information content (AvgIpc) is 2.77. The Kier molecular flexibility index (Phi) is 3.12. The molecule has 3 rings (SSSR count). The minimum Gasteiger partial charge on any atom is -0.397 e. The van der Waals surface area contributed by atoms with Gasteiger partial charge in [-0.3, -0.25) is 4.79 Å². The van der Waals surface area contributed by atoms with E-state index in [-0.39, 0.29) is 11.9 Å². The second-order valence-electron chi connectivity index (χ2n) is 4.83. The van der Waals surface area contributed by atoms with E-state index in [2.05, 4.69) is 4.98 Å². The maximum atomic E-state index is 12.5. The van der Waals surface area contributed by atoms with Crippen LogP contribution in [0.3, 0.4) is 0 Å². The van der Waals surface area contributed by atoms with Crippen LogP contribution in [0.4, 0.5) is 5.69 Å². The highest BCUT2D eigenvalue weighted by Gasteiger charge is 2.25. The number of carbonyl (C=O) groups is 1. The number of piperidine rings is 1. The van der Waals surface area contributed by atoms with Crippen molar-refractivity contribution in [1.29, 1.82) is 0 Å². The molecule has 6 heteroatoms. The van der Waals surface area contributed by atoms with Crippen LogP contribution >= 0.6 is 11.3 Å². The lowest BCUT2D eigenvalue weighted by Gasteiger charge is -2.29. The first-order chi connectivity index (χ1) is 9.16. The number of likely N-dealkylation sites (tertiary alicyclic amines) is 1. The number of fused-ring (bicyclic) bond motifs is 1. The Bertz CT molecular complexity index is 616. The SMILES string of the molecule is Nc1c(C(=O)N2CCC(N)CC2)sc2ncccc12. The molecule has 19 heavy (non-hydrogen) atoms. The van der Waals surface area contributed by atoms with Gasteiger partial charge in [0.25, 0.3) is 5.91 Å². The van der Waals surface area contributed by atoms with Crippen LogP contribution in [0, 0.1) is 0 Å². The minimum absolute atomic E-state index is 0.00685. The number of rotatable bonds is 1. The van der Waals surface area contributed by atoms with E-state index in [0.29, 0.717) is 23.7 Å². The van der Waals surface area contributed by atoms with Gasteiger partial charge in [-0.2, -0.15) is 0 Å². The van der Waals surface area contributed by atoms with Crippen LogP contribution in [-0.4, -0.2) is 34.9 Å². The molecule has 0 aliphatic carbocycles. The van der Waals surface area contributed by atoms with E-state index in [0.717, 1.165) is 23.1 Å². The number of pyridine rings is 1. The summed E-state index contributed by atoms with van der Waals surface area (Å²) in [4.78, 5) is 20.0. The molecular formula is C13H16N4OS. The van der Waals surface area contributed by atoms with Gasteiger partial charge in [-0.25, -0.2) is 4.98 Å². The van der Waals surface area contributed by atoms with Gasteiger partial charge in [-0.15, -0.1) is 11.3 Å². The molecule has 1 fully saturated rings. The Morgan fingerprint density at radius 3 is 2.84 bits per heavy atom. The predicted molar refractivity (Wildman–Crippen MR) is 77.1 cm³/mol. The number of hydrogen-bond donors (Lipinski definition) is 2. The zero-order chi connectivity index (χ0) is 13.4. The largest absolute Gasteiger partial charge is 0.397 e. The first kappa shape index (κ1) is 12.4. The highest BCUT2D eigenvalue weighted by atomic mass is 32.1. The van der Waals surface area contributed by atoms with Crippen LogP contribution in [0.15, 0.2) is 18.3 Å². The number of thiophene rings is 1. The molecule has 0 atom stereocenters. The molecule has 1 aliphatic heterocycles. The first-order valence-corrected chi connectivity index (χ1v) is 7.16. The lowest BCUT2D eigenvalue weighted by molar-refractivity contribution is 0.0720. The van der Waals surface area contributed by atoms with E-state index in [9.17, 15) is 4.79 Å². The van der Waals surface area contributed by atoms with Gasteiger partial charge in [0.05, 0.1) is 5.69 Å². The minimum atomic E-state index is 0.00685. The Labute approximate surface area is 115 Å². The van der Waals surface area contributed by atoms with Crippen molar-refractivity contribution in [3.63, 3.8) is 0 Å². The standard InChI is InChI=1S/C13H16N4OS/c14-8-3-6-17(7-4-8)13(18)11-10(15)9-2-1-5-16-12(9)19-11/h1-2,5,8H,3-4,6-7,14-15H2. The van der Waals surface area contributed by atoms with Gasteiger partial charge in [0.2, 0.25) is 0 Å². The molecule has 0 bridgehead atoms. The van der Waals surface area contributed by atoms with E-state index in [1.54, 1.807) is 6.20 Å². The molecule has 3 heterocycles. The summed E-state index contributed by atoms with van der Waals surface area (Å²) in [7, 11) is 0. The summed E-state index contributed by atoms with van der Waals surface area (Å²) in [5.41, 5.74) is 12.5. The topological polar surface area (TPSA) is 85.2 Å². The summed E-state index contributed by atoms with van der Waals surface area (Å²) in [6, 6.07) is 3.95. The number of nitrogen functional groups attached to an aromatic ring is 1. The molecule has 0 unspecified atom stereocenters. The Hall–Kier alpha value is -1.66. The molecule has 5 nitrogen and oxygen atoms in total. The van der Waals surface area contributed by atoms with Crippen molar-refractivity contribution in [1.82, 2.24) is 9.88 Å². The normalized spacial score (nSPS) is 17.0. The summed E-state index contributed by atoms with van der Waals surface area (Å²) < 4.78 is 0. The fraction of sp³-hybridized carbons (Fsp3) is 0.385. The second kappa shape index (κ2) is 4.79. The van der Waals surface area contributed by atoms with Crippen LogP contribution in [-0.2, 0) is 0 Å². The Morgan fingerprint density at radius 1 is 1.42 bits per heavy atom. The van der Waals surface area contributed by atoms with Gasteiger partial charge >= 0.3 is 0 Å². The van der Waals surface area contributed by atoms with Crippen molar-refractivity contribution in [2.75, 3.05) is 18.8 Å². The predicted octanol–water partition coefficient (Wildman–Crippen LogP) is 1.44. The van der Waals surface area contributed by atoms with Gasteiger partial charge in [0.15, 0.2) is 0 Å². The molecule has 0 spiro atoms. The van der Waals surface area contributed by atoms with E-state index in [1.807, 2.05) is 17.0 Å². The molecule has 4 N–H and O–H groups in total. The molecule has 0 aromatic carbocycles. The van der Waals surface area contributed by atoms with Crippen molar-refractivity contribution >= 4 is 33.1 Å².